The third-order valence-corrected chi connectivity index (χ3v) is 3.76. The summed E-state index contributed by atoms with van der Waals surface area (Å²) in [6, 6.07) is 9.61. The summed E-state index contributed by atoms with van der Waals surface area (Å²) >= 11 is 3.43. The van der Waals surface area contributed by atoms with E-state index in [0.29, 0.717) is 5.69 Å². The molecule has 2 heterocycles. The molecule has 0 N–H and O–H groups in total. The van der Waals surface area contributed by atoms with Crippen LogP contribution >= 0.6 is 15.9 Å². The number of alkyl halides is 2. The van der Waals surface area contributed by atoms with Gasteiger partial charge in [0.05, 0.1) is 0 Å². The molecule has 0 fully saturated rings. The zero-order valence-electron chi connectivity index (χ0n) is 11.8. The summed E-state index contributed by atoms with van der Waals surface area (Å²) in [5.74, 6) is -0.588. The molecule has 4 nitrogen and oxygen atoms in total. The average molecular weight is 368 g/mol. The van der Waals surface area contributed by atoms with Crippen molar-refractivity contribution in [1.82, 2.24) is 14.8 Å². The van der Waals surface area contributed by atoms with Gasteiger partial charge in [-0.1, -0.05) is 22.0 Å². The van der Waals surface area contributed by atoms with Gasteiger partial charge in [-0.2, -0.15) is 8.78 Å². The number of hydrogen-bond donors (Lipinski definition) is 0. The van der Waals surface area contributed by atoms with Gasteiger partial charge >= 0.3 is 6.43 Å². The molecule has 1 aromatic carbocycles. The molecule has 3 rings (SSSR count). The van der Waals surface area contributed by atoms with Crippen LogP contribution in [0.25, 0.3) is 17.3 Å². The van der Waals surface area contributed by atoms with Crippen LogP contribution in [-0.2, 0) is 0 Å². The second-order valence-corrected chi connectivity index (χ2v) is 5.79. The van der Waals surface area contributed by atoms with Crippen molar-refractivity contribution in [3.05, 3.63) is 52.0 Å². The van der Waals surface area contributed by atoms with Crippen LogP contribution in [0.1, 0.15) is 23.6 Å². The Balaban J connectivity index is 2.19. The highest BCUT2D eigenvalue weighted by Crippen LogP contribution is 2.31. The monoisotopic (exact) mass is 367 g/mol. The van der Waals surface area contributed by atoms with E-state index in [-0.39, 0.29) is 5.89 Å². The van der Waals surface area contributed by atoms with Gasteiger partial charge < -0.3 is 8.98 Å². The summed E-state index contributed by atoms with van der Waals surface area (Å²) in [5, 5.41) is 7.17. The topological polar surface area (TPSA) is 43.9 Å². The predicted octanol–water partition coefficient (Wildman–Crippen LogP) is 4.84. The van der Waals surface area contributed by atoms with Gasteiger partial charge in [-0.15, -0.1) is 10.2 Å². The molecule has 0 radical (unpaired) electrons. The number of nitrogens with zero attached hydrogens (tertiary/aromatic N) is 3. The minimum absolute atomic E-state index is 0.0841. The summed E-state index contributed by atoms with van der Waals surface area (Å²) in [5.41, 5.74) is 3.33. The Hall–Kier alpha value is -2.02. The Bertz CT molecular complexity index is 826. The maximum atomic E-state index is 12.7. The second kappa shape index (κ2) is 5.64. The molecule has 0 aliphatic carbocycles. The van der Waals surface area contributed by atoms with E-state index in [2.05, 4.69) is 26.1 Å². The summed E-state index contributed by atoms with van der Waals surface area (Å²) in [6.45, 7) is 3.81. The zero-order chi connectivity index (χ0) is 15.9. The van der Waals surface area contributed by atoms with Gasteiger partial charge in [0.15, 0.2) is 0 Å². The molecule has 22 heavy (non-hydrogen) atoms. The fraction of sp³-hybridized carbons (Fsp3) is 0.200. The van der Waals surface area contributed by atoms with Crippen molar-refractivity contribution in [2.45, 2.75) is 20.3 Å². The summed E-state index contributed by atoms with van der Waals surface area (Å²) < 4.78 is 33.3. The molecule has 0 spiro atoms. The Morgan fingerprint density at radius 2 is 1.95 bits per heavy atom. The molecule has 3 aromatic rings. The molecule has 2 aromatic heterocycles. The van der Waals surface area contributed by atoms with Crippen LogP contribution in [0.4, 0.5) is 8.78 Å². The van der Waals surface area contributed by atoms with Crippen LogP contribution in [0.15, 0.2) is 39.2 Å². The molecule has 0 saturated heterocycles. The summed E-state index contributed by atoms with van der Waals surface area (Å²) in [4.78, 5) is 0. The van der Waals surface area contributed by atoms with E-state index in [0.717, 1.165) is 21.4 Å². The molecule has 0 atom stereocenters. The first kappa shape index (κ1) is 14.9. The Morgan fingerprint density at radius 3 is 2.59 bits per heavy atom. The lowest BCUT2D eigenvalue weighted by atomic mass is 10.2. The second-order valence-electron chi connectivity index (χ2n) is 4.88. The third kappa shape index (κ3) is 2.56. The predicted molar refractivity (Wildman–Crippen MR) is 81.2 cm³/mol. The van der Waals surface area contributed by atoms with Crippen molar-refractivity contribution in [2.24, 2.45) is 0 Å². The molecule has 0 aliphatic heterocycles. The minimum atomic E-state index is -2.78. The molecule has 0 bridgehead atoms. The van der Waals surface area contributed by atoms with E-state index < -0.39 is 12.3 Å². The van der Waals surface area contributed by atoms with E-state index in [1.54, 1.807) is 0 Å². The van der Waals surface area contributed by atoms with Gasteiger partial charge in [-0.3, -0.25) is 0 Å². The maximum absolute atomic E-state index is 12.7. The SMILES string of the molecule is Cc1cc(C)n(-c2cccc(Br)c2)c1-c1nnc(C(F)F)o1. The van der Waals surface area contributed by atoms with Gasteiger partial charge in [-0.25, -0.2) is 0 Å². The normalized spacial score (nSPS) is 11.4. The Kier molecular flexibility index (Phi) is 3.82. The lowest BCUT2D eigenvalue weighted by molar-refractivity contribution is 0.116. The van der Waals surface area contributed by atoms with Gasteiger partial charge in [-0.05, 0) is 43.7 Å². The molecule has 114 valence electrons. The number of rotatable bonds is 3. The first-order valence-electron chi connectivity index (χ1n) is 6.54. The van der Waals surface area contributed by atoms with Crippen LogP contribution in [0.2, 0.25) is 0 Å². The van der Waals surface area contributed by atoms with Crippen molar-refractivity contribution >= 4 is 15.9 Å². The van der Waals surface area contributed by atoms with Crippen LogP contribution < -0.4 is 0 Å². The van der Waals surface area contributed by atoms with Crippen molar-refractivity contribution in [3.63, 3.8) is 0 Å². The van der Waals surface area contributed by atoms with E-state index >= 15 is 0 Å². The van der Waals surface area contributed by atoms with Crippen molar-refractivity contribution in [3.8, 4) is 17.3 Å². The van der Waals surface area contributed by atoms with E-state index in [9.17, 15) is 8.78 Å². The first-order valence-corrected chi connectivity index (χ1v) is 7.33. The van der Waals surface area contributed by atoms with Crippen LogP contribution in [0, 0.1) is 13.8 Å². The minimum Gasteiger partial charge on any atom is -0.414 e. The molecule has 0 unspecified atom stereocenters. The molecule has 0 amide bonds. The van der Waals surface area contributed by atoms with Gasteiger partial charge in [0.25, 0.3) is 11.8 Å². The highest BCUT2D eigenvalue weighted by atomic mass is 79.9. The molecular weight excluding hydrogens is 356 g/mol. The van der Waals surface area contributed by atoms with Crippen molar-refractivity contribution < 1.29 is 13.2 Å². The first-order chi connectivity index (χ1) is 10.5. The number of aromatic nitrogens is 3. The standard InChI is InChI=1S/C15H12BrF2N3O/c1-8-6-9(2)21(11-5-3-4-10(16)7-11)12(8)14-19-20-15(22-14)13(17)18/h3-7,13H,1-2H3. The lowest BCUT2D eigenvalue weighted by Crippen LogP contribution is -1.99. The molecule has 7 heteroatoms. The molecule has 0 aliphatic rings. The van der Waals surface area contributed by atoms with Gasteiger partial charge in [0, 0.05) is 15.9 Å². The van der Waals surface area contributed by atoms with E-state index in [1.165, 1.54) is 0 Å². The summed E-state index contributed by atoms with van der Waals surface area (Å²) in [6.07, 6.45) is -2.78. The largest absolute Gasteiger partial charge is 0.414 e. The fourth-order valence-corrected chi connectivity index (χ4v) is 2.82. The molecular formula is C15H12BrF2N3O. The number of aryl methyl sites for hydroxylation is 2. The fourth-order valence-electron chi connectivity index (χ4n) is 2.43. The zero-order valence-corrected chi connectivity index (χ0v) is 13.4. The van der Waals surface area contributed by atoms with Crippen LogP contribution in [0.5, 0.6) is 0 Å². The van der Waals surface area contributed by atoms with Crippen LogP contribution in [0.3, 0.4) is 0 Å². The van der Waals surface area contributed by atoms with Gasteiger partial charge in [0.1, 0.15) is 5.69 Å². The quantitative estimate of drug-likeness (QED) is 0.664. The van der Waals surface area contributed by atoms with E-state index in [4.69, 9.17) is 4.42 Å². The van der Waals surface area contributed by atoms with Crippen LogP contribution in [-0.4, -0.2) is 14.8 Å². The Morgan fingerprint density at radius 1 is 1.18 bits per heavy atom. The number of benzene rings is 1. The van der Waals surface area contributed by atoms with Gasteiger partial charge in [0.2, 0.25) is 0 Å². The maximum Gasteiger partial charge on any atom is 0.314 e. The smallest absolute Gasteiger partial charge is 0.314 e. The highest BCUT2D eigenvalue weighted by Gasteiger charge is 2.22. The third-order valence-electron chi connectivity index (χ3n) is 3.27. The molecule has 0 saturated carbocycles. The summed E-state index contributed by atoms with van der Waals surface area (Å²) in [7, 11) is 0. The lowest BCUT2D eigenvalue weighted by Gasteiger charge is -2.10. The Labute approximate surface area is 133 Å². The number of halogens is 3. The van der Waals surface area contributed by atoms with Crippen molar-refractivity contribution in [2.75, 3.05) is 0 Å². The number of hydrogen-bond acceptors (Lipinski definition) is 3. The van der Waals surface area contributed by atoms with Crippen molar-refractivity contribution in [1.29, 1.82) is 0 Å². The highest BCUT2D eigenvalue weighted by molar-refractivity contribution is 9.10. The average Bonchev–Trinajstić information content (AvgIpc) is 3.03. The van der Waals surface area contributed by atoms with E-state index in [1.807, 2.05) is 48.7 Å².